The molecule has 10 heavy (non-hydrogen) atoms. The third-order valence-corrected chi connectivity index (χ3v) is 3.28. The molecule has 1 heterocycles. The standard InChI is InChI=1S/C8H15NO/c1-9-7-3-2-6(4-7)8(9)5-10/h6-8,10H,2-5H2,1H3/t6-,7+,8-/m0/s1. The van der Waals surface area contributed by atoms with Gasteiger partial charge in [0.2, 0.25) is 0 Å². The van der Waals surface area contributed by atoms with Crippen LogP contribution in [0.4, 0.5) is 0 Å². The lowest BCUT2D eigenvalue weighted by Gasteiger charge is -2.30. The summed E-state index contributed by atoms with van der Waals surface area (Å²) < 4.78 is 0. The molecule has 1 aliphatic heterocycles. The van der Waals surface area contributed by atoms with Crippen LogP contribution in [0.1, 0.15) is 19.3 Å². The van der Waals surface area contributed by atoms with Gasteiger partial charge in [-0.3, -0.25) is 4.90 Å². The fourth-order valence-electron chi connectivity index (χ4n) is 2.59. The van der Waals surface area contributed by atoms with Crippen molar-refractivity contribution in [3.63, 3.8) is 0 Å². The predicted molar refractivity (Wildman–Crippen MR) is 39.8 cm³/mol. The molecule has 2 heteroatoms. The number of hydrogen-bond donors (Lipinski definition) is 1. The van der Waals surface area contributed by atoms with Crippen molar-refractivity contribution in [3.8, 4) is 0 Å². The van der Waals surface area contributed by atoms with Gasteiger partial charge in [0.05, 0.1) is 6.61 Å². The van der Waals surface area contributed by atoms with Crippen molar-refractivity contribution in [2.45, 2.75) is 31.3 Å². The molecular formula is C8H15NO. The molecule has 0 aromatic heterocycles. The highest BCUT2D eigenvalue weighted by Crippen LogP contribution is 2.40. The van der Waals surface area contributed by atoms with Gasteiger partial charge in [0, 0.05) is 12.1 Å². The van der Waals surface area contributed by atoms with Gasteiger partial charge in [-0.2, -0.15) is 0 Å². The molecule has 2 bridgehead atoms. The summed E-state index contributed by atoms with van der Waals surface area (Å²) >= 11 is 0. The summed E-state index contributed by atoms with van der Waals surface area (Å²) in [5.41, 5.74) is 0. The molecule has 3 atom stereocenters. The topological polar surface area (TPSA) is 23.5 Å². The minimum atomic E-state index is 0.359. The molecular weight excluding hydrogens is 126 g/mol. The Morgan fingerprint density at radius 2 is 2.30 bits per heavy atom. The Morgan fingerprint density at radius 1 is 1.50 bits per heavy atom. The van der Waals surface area contributed by atoms with E-state index in [-0.39, 0.29) is 0 Å². The van der Waals surface area contributed by atoms with Crippen molar-refractivity contribution >= 4 is 0 Å². The second-order valence-corrected chi connectivity index (χ2v) is 3.64. The fraction of sp³-hybridized carbons (Fsp3) is 1.00. The van der Waals surface area contributed by atoms with Gasteiger partial charge in [0.1, 0.15) is 0 Å². The molecule has 0 aromatic carbocycles. The third-order valence-electron chi connectivity index (χ3n) is 3.28. The van der Waals surface area contributed by atoms with Gasteiger partial charge in [-0.15, -0.1) is 0 Å². The van der Waals surface area contributed by atoms with Crippen LogP contribution >= 0.6 is 0 Å². The number of likely N-dealkylation sites (tertiary alicyclic amines) is 1. The summed E-state index contributed by atoms with van der Waals surface area (Å²) in [5.74, 6) is 0.806. The Labute approximate surface area is 61.8 Å². The first-order valence-corrected chi connectivity index (χ1v) is 4.15. The molecule has 1 N–H and O–H groups in total. The van der Waals surface area contributed by atoms with Gasteiger partial charge in [-0.1, -0.05) is 0 Å². The van der Waals surface area contributed by atoms with Crippen molar-refractivity contribution < 1.29 is 5.11 Å². The highest BCUT2D eigenvalue weighted by atomic mass is 16.3. The Balaban J connectivity index is 2.10. The first-order chi connectivity index (χ1) is 4.83. The number of fused-ring (bicyclic) bond motifs is 2. The highest BCUT2D eigenvalue weighted by molar-refractivity contribution is 4.97. The van der Waals surface area contributed by atoms with Crippen molar-refractivity contribution in [1.82, 2.24) is 4.90 Å². The van der Waals surface area contributed by atoms with Crippen LogP contribution in [0.15, 0.2) is 0 Å². The van der Waals surface area contributed by atoms with Crippen molar-refractivity contribution in [2.24, 2.45) is 5.92 Å². The lowest BCUT2D eigenvalue weighted by atomic mass is 10.0. The Morgan fingerprint density at radius 3 is 2.70 bits per heavy atom. The minimum Gasteiger partial charge on any atom is -0.395 e. The molecule has 1 saturated carbocycles. The predicted octanol–water partition coefficient (Wildman–Crippen LogP) is 0.461. The van der Waals surface area contributed by atoms with E-state index in [0.29, 0.717) is 12.6 Å². The van der Waals surface area contributed by atoms with E-state index in [9.17, 15) is 0 Å². The van der Waals surface area contributed by atoms with Crippen LogP contribution in [0.3, 0.4) is 0 Å². The molecule has 0 amide bonds. The fourth-order valence-corrected chi connectivity index (χ4v) is 2.59. The lowest BCUT2D eigenvalue weighted by molar-refractivity contribution is 0.108. The quantitative estimate of drug-likeness (QED) is 0.573. The van der Waals surface area contributed by atoms with Gasteiger partial charge < -0.3 is 5.11 Å². The van der Waals surface area contributed by atoms with Gasteiger partial charge in [0.25, 0.3) is 0 Å². The van der Waals surface area contributed by atoms with Crippen molar-refractivity contribution in [3.05, 3.63) is 0 Å². The molecule has 2 nitrogen and oxygen atoms in total. The highest BCUT2D eigenvalue weighted by Gasteiger charge is 2.42. The Kier molecular flexibility index (Phi) is 1.46. The van der Waals surface area contributed by atoms with Crippen LogP contribution in [0, 0.1) is 5.92 Å². The van der Waals surface area contributed by atoms with E-state index in [0.717, 1.165) is 12.0 Å². The molecule has 2 rings (SSSR count). The Hall–Kier alpha value is -0.0800. The molecule has 0 unspecified atom stereocenters. The third kappa shape index (κ3) is 0.722. The molecule has 2 aliphatic rings. The van der Waals surface area contributed by atoms with E-state index in [1.54, 1.807) is 0 Å². The van der Waals surface area contributed by atoms with E-state index in [2.05, 4.69) is 11.9 Å². The summed E-state index contributed by atoms with van der Waals surface area (Å²) in [6.07, 6.45) is 4.04. The summed E-state index contributed by atoms with van der Waals surface area (Å²) in [5, 5.41) is 9.02. The number of aliphatic hydroxyl groups is 1. The maximum atomic E-state index is 9.02. The van der Waals surface area contributed by atoms with E-state index in [1.165, 1.54) is 19.3 Å². The molecule has 0 radical (unpaired) electrons. The zero-order valence-corrected chi connectivity index (χ0v) is 6.45. The molecule has 1 aliphatic carbocycles. The van der Waals surface area contributed by atoms with Gasteiger partial charge in [-0.25, -0.2) is 0 Å². The number of hydrogen-bond acceptors (Lipinski definition) is 2. The summed E-state index contributed by atoms with van der Waals surface area (Å²) in [7, 11) is 2.14. The average molecular weight is 141 g/mol. The summed E-state index contributed by atoms with van der Waals surface area (Å²) in [6.45, 7) is 0.359. The van der Waals surface area contributed by atoms with Crippen LogP contribution in [-0.4, -0.2) is 35.7 Å². The van der Waals surface area contributed by atoms with Crippen molar-refractivity contribution in [1.29, 1.82) is 0 Å². The minimum absolute atomic E-state index is 0.359. The molecule has 0 aromatic rings. The number of aliphatic hydroxyl groups excluding tert-OH is 1. The smallest absolute Gasteiger partial charge is 0.0589 e. The number of piperidine rings is 1. The first-order valence-electron chi connectivity index (χ1n) is 4.15. The maximum absolute atomic E-state index is 9.02. The number of rotatable bonds is 1. The van der Waals surface area contributed by atoms with Crippen LogP contribution < -0.4 is 0 Å². The number of likely N-dealkylation sites (N-methyl/N-ethyl adjacent to an activating group) is 1. The molecule has 58 valence electrons. The summed E-state index contributed by atoms with van der Waals surface area (Å²) in [6, 6.07) is 1.28. The van der Waals surface area contributed by atoms with Gasteiger partial charge >= 0.3 is 0 Å². The lowest BCUT2D eigenvalue weighted by Crippen LogP contribution is -2.39. The largest absolute Gasteiger partial charge is 0.395 e. The van der Waals surface area contributed by atoms with Crippen LogP contribution in [-0.2, 0) is 0 Å². The SMILES string of the molecule is CN1[C@@H]2CC[C@@H](C2)[C@@H]1CO. The Bertz CT molecular complexity index is 135. The molecule has 1 saturated heterocycles. The first kappa shape index (κ1) is 6.62. The van der Waals surface area contributed by atoms with Crippen LogP contribution in [0.25, 0.3) is 0 Å². The molecule has 2 fully saturated rings. The summed E-state index contributed by atoms with van der Waals surface area (Å²) in [4.78, 5) is 2.36. The second-order valence-electron chi connectivity index (χ2n) is 3.64. The van der Waals surface area contributed by atoms with Crippen LogP contribution in [0.5, 0.6) is 0 Å². The molecule has 0 spiro atoms. The van der Waals surface area contributed by atoms with Gasteiger partial charge in [-0.05, 0) is 32.2 Å². The average Bonchev–Trinajstić information content (AvgIpc) is 2.46. The number of nitrogens with zero attached hydrogens (tertiary/aromatic N) is 1. The van der Waals surface area contributed by atoms with Crippen LogP contribution in [0.2, 0.25) is 0 Å². The second kappa shape index (κ2) is 2.21. The maximum Gasteiger partial charge on any atom is 0.0589 e. The van der Waals surface area contributed by atoms with E-state index in [4.69, 9.17) is 5.11 Å². The van der Waals surface area contributed by atoms with E-state index >= 15 is 0 Å². The normalized spacial score (nSPS) is 46.8. The zero-order chi connectivity index (χ0) is 7.14. The van der Waals surface area contributed by atoms with E-state index < -0.39 is 0 Å². The van der Waals surface area contributed by atoms with Crippen molar-refractivity contribution in [2.75, 3.05) is 13.7 Å². The zero-order valence-electron chi connectivity index (χ0n) is 6.45. The van der Waals surface area contributed by atoms with Gasteiger partial charge in [0.15, 0.2) is 0 Å². The van der Waals surface area contributed by atoms with E-state index in [1.807, 2.05) is 0 Å². The monoisotopic (exact) mass is 141 g/mol.